The molecule has 1 unspecified atom stereocenters. The Morgan fingerprint density at radius 1 is 1.29 bits per heavy atom. The van der Waals surface area contributed by atoms with E-state index >= 15 is 0 Å². The molecule has 1 amide bonds. The SMILES string of the molecule is CSC1C(=O)N(C)c2cc(O[Si](C)(C)C(C)(C)C)ccc21. The molecule has 0 aromatic heterocycles. The number of hydrogen-bond donors (Lipinski definition) is 0. The fraction of sp³-hybridized carbons (Fsp3) is 0.562. The highest BCUT2D eigenvalue weighted by Crippen LogP contribution is 2.44. The first-order valence-corrected chi connectivity index (χ1v) is 11.4. The van der Waals surface area contributed by atoms with Crippen molar-refractivity contribution >= 4 is 31.7 Å². The van der Waals surface area contributed by atoms with Crippen molar-refractivity contribution in [3.63, 3.8) is 0 Å². The van der Waals surface area contributed by atoms with E-state index in [1.165, 1.54) is 0 Å². The summed E-state index contributed by atoms with van der Waals surface area (Å²) in [6.07, 6.45) is 1.98. The van der Waals surface area contributed by atoms with Gasteiger partial charge in [0, 0.05) is 13.1 Å². The molecule has 0 spiro atoms. The van der Waals surface area contributed by atoms with Gasteiger partial charge in [0.25, 0.3) is 0 Å². The van der Waals surface area contributed by atoms with Crippen LogP contribution in [-0.2, 0) is 4.79 Å². The van der Waals surface area contributed by atoms with E-state index in [1.807, 2.05) is 31.5 Å². The Labute approximate surface area is 133 Å². The Kier molecular flexibility index (Phi) is 4.19. The van der Waals surface area contributed by atoms with E-state index in [1.54, 1.807) is 16.7 Å². The van der Waals surface area contributed by atoms with E-state index < -0.39 is 8.32 Å². The minimum absolute atomic E-state index is 0.0769. The minimum Gasteiger partial charge on any atom is -0.543 e. The fourth-order valence-electron chi connectivity index (χ4n) is 2.20. The Morgan fingerprint density at radius 3 is 2.43 bits per heavy atom. The highest BCUT2D eigenvalue weighted by atomic mass is 32.2. The zero-order valence-corrected chi connectivity index (χ0v) is 15.8. The summed E-state index contributed by atoms with van der Waals surface area (Å²) in [5, 5.41) is 0.0853. The predicted molar refractivity (Wildman–Crippen MR) is 93.9 cm³/mol. The number of likely N-dealkylation sites (N-methyl/N-ethyl adjacent to an activating group) is 1. The number of fused-ring (bicyclic) bond motifs is 1. The minimum atomic E-state index is -1.85. The lowest BCUT2D eigenvalue weighted by atomic mass is 10.1. The van der Waals surface area contributed by atoms with Crippen molar-refractivity contribution in [2.45, 2.75) is 44.2 Å². The molecule has 1 heterocycles. The summed E-state index contributed by atoms with van der Waals surface area (Å²) in [7, 11) is -0.0106. The molecule has 0 N–H and O–H groups in total. The van der Waals surface area contributed by atoms with Gasteiger partial charge in [-0.3, -0.25) is 4.79 Å². The van der Waals surface area contributed by atoms with Gasteiger partial charge in [0.1, 0.15) is 11.0 Å². The predicted octanol–water partition coefficient (Wildman–Crippen LogP) is 4.45. The van der Waals surface area contributed by atoms with Gasteiger partial charge < -0.3 is 9.33 Å². The third-order valence-electron chi connectivity index (χ3n) is 4.62. The molecular weight excluding hydrogens is 298 g/mol. The zero-order chi connectivity index (χ0) is 16.0. The molecule has 5 heteroatoms. The first kappa shape index (κ1) is 16.4. The molecule has 0 aliphatic carbocycles. The van der Waals surface area contributed by atoms with Gasteiger partial charge in [-0.2, -0.15) is 0 Å². The van der Waals surface area contributed by atoms with Crippen LogP contribution in [0.3, 0.4) is 0 Å². The van der Waals surface area contributed by atoms with Crippen molar-refractivity contribution in [1.82, 2.24) is 0 Å². The molecule has 2 rings (SSSR count). The molecule has 1 aromatic carbocycles. The molecule has 3 nitrogen and oxygen atoms in total. The van der Waals surface area contributed by atoms with Gasteiger partial charge in [0.15, 0.2) is 0 Å². The van der Waals surface area contributed by atoms with E-state index in [-0.39, 0.29) is 16.2 Å². The highest BCUT2D eigenvalue weighted by Gasteiger charge is 2.40. The lowest BCUT2D eigenvalue weighted by Gasteiger charge is -2.36. The van der Waals surface area contributed by atoms with Crippen molar-refractivity contribution in [3.8, 4) is 5.75 Å². The number of thioether (sulfide) groups is 1. The number of nitrogens with zero attached hydrogens (tertiary/aromatic N) is 1. The summed E-state index contributed by atoms with van der Waals surface area (Å²) in [4.78, 5) is 14.0. The second kappa shape index (κ2) is 5.36. The van der Waals surface area contributed by atoms with Gasteiger partial charge in [-0.25, -0.2) is 0 Å². The van der Waals surface area contributed by atoms with Crippen molar-refractivity contribution < 1.29 is 9.22 Å². The van der Waals surface area contributed by atoms with E-state index in [0.29, 0.717) is 0 Å². The van der Waals surface area contributed by atoms with Crippen molar-refractivity contribution in [2.75, 3.05) is 18.2 Å². The van der Waals surface area contributed by atoms with Gasteiger partial charge >= 0.3 is 0 Å². The highest BCUT2D eigenvalue weighted by molar-refractivity contribution is 7.99. The molecule has 1 aliphatic heterocycles. The Bertz CT molecular complexity index is 566. The summed E-state index contributed by atoms with van der Waals surface area (Å²) < 4.78 is 6.34. The maximum absolute atomic E-state index is 12.2. The number of carbonyl (C=O) groups excluding carboxylic acids is 1. The van der Waals surface area contributed by atoms with Gasteiger partial charge in [-0.15, -0.1) is 11.8 Å². The van der Waals surface area contributed by atoms with E-state index in [0.717, 1.165) is 17.0 Å². The molecule has 0 saturated carbocycles. The van der Waals surface area contributed by atoms with Crippen molar-refractivity contribution in [1.29, 1.82) is 0 Å². The van der Waals surface area contributed by atoms with E-state index in [4.69, 9.17) is 4.43 Å². The summed E-state index contributed by atoms with van der Waals surface area (Å²) in [5.74, 6) is 1.03. The lowest BCUT2D eigenvalue weighted by molar-refractivity contribution is -0.117. The molecule has 0 bridgehead atoms. The monoisotopic (exact) mass is 323 g/mol. The molecule has 0 saturated heterocycles. The lowest BCUT2D eigenvalue weighted by Crippen LogP contribution is -2.43. The fourth-order valence-corrected chi connectivity index (χ4v) is 4.04. The largest absolute Gasteiger partial charge is 0.543 e. The first-order chi connectivity index (χ1) is 9.58. The molecule has 1 atom stereocenters. The van der Waals surface area contributed by atoms with Crippen LogP contribution in [0.1, 0.15) is 31.6 Å². The van der Waals surface area contributed by atoms with Crippen LogP contribution in [0, 0.1) is 0 Å². The number of amides is 1. The molecule has 0 fully saturated rings. The molecular formula is C16H25NO2SSi. The quantitative estimate of drug-likeness (QED) is 0.770. The number of anilines is 1. The maximum atomic E-state index is 12.2. The average molecular weight is 324 g/mol. The smallest absolute Gasteiger partial charge is 0.250 e. The summed E-state index contributed by atoms with van der Waals surface area (Å²) in [5.41, 5.74) is 2.08. The van der Waals surface area contributed by atoms with Crippen LogP contribution in [0.25, 0.3) is 0 Å². The van der Waals surface area contributed by atoms with Crippen LogP contribution >= 0.6 is 11.8 Å². The number of carbonyl (C=O) groups is 1. The standard InChI is InChI=1S/C16H25NO2SSi/c1-16(2,3)21(6,7)19-11-8-9-12-13(10-11)17(4)15(18)14(12)20-5/h8-10,14H,1-7H3. The second-order valence-corrected chi connectivity index (χ2v) is 12.8. The first-order valence-electron chi connectivity index (χ1n) is 7.22. The van der Waals surface area contributed by atoms with Gasteiger partial charge in [-0.1, -0.05) is 26.8 Å². The van der Waals surface area contributed by atoms with E-state index in [2.05, 4.69) is 33.9 Å². The van der Waals surface area contributed by atoms with Crippen LogP contribution in [0.5, 0.6) is 5.75 Å². The van der Waals surface area contributed by atoms with Crippen LogP contribution in [0.2, 0.25) is 18.1 Å². The molecule has 116 valence electrons. The third kappa shape index (κ3) is 2.86. The van der Waals surface area contributed by atoms with Gasteiger partial charge in [0.2, 0.25) is 14.2 Å². The number of benzene rings is 1. The number of rotatable bonds is 3. The van der Waals surface area contributed by atoms with Crippen molar-refractivity contribution in [2.24, 2.45) is 0 Å². The number of hydrogen-bond acceptors (Lipinski definition) is 3. The summed E-state index contributed by atoms with van der Waals surface area (Å²) >= 11 is 1.59. The Morgan fingerprint density at radius 2 is 1.90 bits per heavy atom. The normalized spacial score (nSPS) is 18.9. The second-order valence-electron chi connectivity index (χ2n) is 7.10. The topological polar surface area (TPSA) is 29.5 Å². The third-order valence-corrected chi connectivity index (χ3v) is 9.90. The summed E-state index contributed by atoms with van der Waals surface area (Å²) in [6.45, 7) is 11.2. The molecule has 21 heavy (non-hydrogen) atoms. The Hall–Kier alpha value is -0.943. The van der Waals surface area contributed by atoms with Gasteiger partial charge in [-0.05, 0) is 36.0 Å². The average Bonchev–Trinajstić information content (AvgIpc) is 2.60. The van der Waals surface area contributed by atoms with Crippen molar-refractivity contribution in [3.05, 3.63) is 23.8 Å². The van der Waals surface area contributed by atoms with Crippen LogP contribution in [0.15, 0.2) is 18.2 Å². The van der Waals surface area contributed by atoms with Crippen LogP contribution < -0.4 is 9.33 Å². The molecule has 1 aromatic rings. The summed E-state index contributed by atoms with van der Waals surface area (Å²) in [6, 6.07) is 6.07. The van der Waals surface area contributed by atoms with Crippen LogP contribution in [0.4, 0.5) is 5.69 Å². The van der Waals surface area contributed by atoms with Gasteiger partial charge in [0.05, 0.1) is 5.69 Å². The maximum Gasteiger partial charge on any atom is 0.250 e. The molecule has 0 radical (unpaired) electrons. The van der Waals surface area contributed by atoms with Crippen LogP contribution in [-0.4, -0.2) is 27.5 Å². The Balaban J connectivity index is 2.34. The molecule has 1 aliphatic rings. The van der Waals surface area contributed by atoms with E-state index in [9.17, 15) is 4.79 Å². The zero-order valence-electron chi connectivity index (χ0n) is 14.0.